The zero-order valence-electron chi connectivity index (χ0n) is 17.2. The predicted molar refractivity (Wildman–Crippen MR) is 119 cm³/mol. The van der Waals surface area contributed by atoms with Gasteiger partial charge in [-0.25, -0.2) is 19.0 Å². The maximum atomic E-state index is 13.3. The Kier molecular flexibility index (Phi) is 4.90. The Bertz CT molecular complexity index is 1220. The molecular weight excluding hydrogens is 415 g/mol. The van der Waals surface area contributed by atoms with Crippen LogP contribution in [-0.4, -0.2) is 56.7 Å². The number of nitrogens with zero attached hydrogens (tertiary/aromatic N) is 6. The Balaban J connectivity index is 1.33. The topological polar surface area (TPSA) is 67.2 Å². The van der Waals surface area contributed by atoms with Gasteiger partial charge in [0.05, 0.1) is 22.6 Å². The zero-order chi connectivity index (χ0) is 21.5. The molecule has 1 aliphatic rings. The lowest BCUT2D eigenvalue weighted by molar-refractivity contribution is 0.0745. The summed E-state index contributed by atoms with van der Waals surface area (Å²) in [4.78, 5) is 27.3. The van der Waals surface area contributed by atoms with E-state index in [0.717, 1.165) is 39.9 Å². The molecule has 158 valence electrons. The number of benzene rings is 1. The molecule has 5 rings (SSSR count). The normalized spacial score (nSPS) is 14.4. The van der Waals surface area contributed by atoms with Crippen LogP contribution in [0, 0.1) is 19.7 Å². The molecule has 0 radical (unpaired) electrons. The molecule has 0 spiro atoms. The quantitative estimate of drug-likeness (QED) is 0.491. The molecule has 1 aliphatic heterocycles. The van der Waals surface area contributed by atoms with Crippen LogP contribution in [0.3, 0.4) is 0 Å². The van der Waals surface area contributed by atoms with Crippen LogP contribution < -0.4 is 4.90 Å². The molecule has 31 heavy (non-hydrogen) atoms. The summed E-state index contributed by atoms with van der Waals surface area (Å²) in [5.74, 6) is -0.322. The van der Waals surface area contributed by atoms with E-state index in [4.69, 9.17) is 0 Å². The van der Waals surface area contributed by atoms with Crippen LogP contribution in [0.2, 0.25) is 0 Å². The molecule has 1 aromatic carbocycles. The maximum absolute atomic E-state index is 13.3. The minimum atomic E-state index is -0.302. The lowest BCUT2D eigenvalue weighted by atomic mass is 10.1. The van der Waals surface area contributed by atoms with Crippen LogP contribution in [0.4, 0.5) is 9.52 Å². The minimum absolute atomic E-state index is 0.0195. The van der Waals surface area contributed by atoms with Crippen LogP contribution >= 0.6 is 11.3 Å². The fourth-order valence-electron chi connectivity index (χ4n) is 3.94. The highest BCUT2D eigenvalue weighted by atomic mass is 32.1. The number of aromatic nitrogens is 4. The number of carbonyl (C=O) groups is 1. The summed E-state index contributed by atoms with van der Waals surface area (Å²) >= 11 is 1.58. The van der Waals surface area contributed by atoms with Gasteiger partial charge in [0.2, 0.25) is 0 Å². The van der Waals surface area contributed by atoms with Crippen molar-refractivity contribution < 1.29 is 9.18 Å². The number of hydrogen-bond donors (Lipinski definition) is 0. The van der Waals surface area contributed by atoms with Gasteiger partial charge in [0.1, 0.15) is 16.2 Å². The summed E-state index contributed by atoms with van der Waals surface area (Å²) in [7, 11) is 0. The summed E-state index contributed by atoms with van der Waals surface area (Å²) in [6.45, 7) is 6.38. The number of hydrogen-bond acceptors (Lipinski definition) is 6. The number of piperazine rings is 1. The zero-order valence-corrected chi connectivity index (χ0v) is 18.1. The Morgan fingerprint density at radius 2 is 1.81 bits per heavy atom. The number of pyridine rings is 1. The fraction of sp³-hybridized carbons (Fsp3) is 0.273. The average Bonchev–Trinajstić information content (AvgIpc) is 3.34. The summed E-state index contributed by atoms with van der Waals surface area (Å²) in [6, 6.07) is 9.96. The first-order valence-electron chi connectivity index (χ1n) is 10.1. The molecule has 0 unspecified atom stereocenters. The van der Waals surface area contributed by atoms with Gasteiger partial charge in [-0.15, -0.1) is 0 Å². The van der Waals surface area contributed by atoms with Gasteiger partial charge in [-0.2, -0.15) is 5.10 Å². The van der Waals surface area contributed by atoms with Crippen molar-refractivity contribution in [3.05, 3.63) is 65.4 Å². The molecule has 4 aromatic rings. The molecule has 0 saturated carbocycles. The Hall–Kier alpha value is -3.33. The second-order valence-electron chi connectivity index (χ2n) is 7.54. The van der Waals surface area contributed by atoms with Gasteiger partial charge in [-0.05, 0) is 50.2 Å². The molecule has 3 aromatic heterocycles. The first-order valence-corrected chi connectivity index (χ1v) is 10.9. The molecule has 0 aliphatic carbocycles. The molecule has 1 fully saturated rings. The van der Waals surface area contributed by atoms with E-state index < -0.39 is 0 Å². The van der Waals surface area contributed by atoms with Crippen LogP contribution in [0.15, 0.2) is 42.6 Å². The standard InChI is InChI=1S/C22H21FN6OS/c1-14-19(15(2)29(26-14)17-7-5-16(23)6-8-17)21(30)27-10-12-28(13-11-27)22-25-18-4-3-9-24-20(18)31-22/h3-9H,10-13H2,1-2H3. The highest BCUT2D eigenvalue weighted by molar-refractivity contribution is 7.21. The van der Waals surface area contributed by atoms with Gasteiger partial charge in [-0.3, -0.25) is 4.79 Å². The lowest BCUT2D eigenvalue weighted by Crippen LogP contribution is -2.49. The molecule has 0 atom stereocenters. The van der Waals surface area contributed by atoms with E-state index in [1.807, 2.05) is 30.9 Å². The van der Waals surface area contributed by atoms with Gasteiger partial charge in [0.15, 0.2) is 5.13 Å². The van der Waals surface area contributed by atoms with Crippen molar-refractivity contribution in [2.75, 3.05) is 31.1 Å². The molecule has 1 saturated heterocycles. The Labute approximate surface area is 182 Å². The summed E-state index contributed by atoms with van der Waals surface area (Å²) in [6.07, 6.45) is 1.78. The number of aryl methyl sites for hydroxylation is 1. The van der Waals surface area contributed by atoms with Gasteiger partial charge >= 0.3 is 0 Å². The number of carbonyl (C=O) groups excluding carboxylic acids is 1. The smallest absolute Gasteiger partial charge is 0.257 e. The van der Waals surface area contributed by atoms with E-state index in [1.54, 1.807) is 34.3 Å². The first-order chi connectivity index (χ1) is 15.0. The van der Waals surface area contributed by atoms with Crippen molar-refractivity contribution in [1.82, 2.24) is 24.6 Å². The van der Waals surface area contributed by atoms with Crippen molar-refractivity contribution in [3.63, 3.8) is 0 Å². The van der Waals surface area contributed by atoms with Crippen molar-refractivity contribution in [3.8, 4) is 5.69 Å². The Morgan fingerprint density at radius 3 is 2.52 bits per heavy atom. The van der Waals surface area contributed by atoms with Crippen molar-refractivity contribution in [2.45, 2.75) is 13.8 Å². The van der Waals surface area contributed by atoms with Crippen molar-refractivity contribution in [1.29, 1.82) is 0 Å². The van der Waals surface area contributed by atoms with E-state index in [9.17, 15) is 9.18 Å². The van der Waals surface area contributed by atoms with E-state index >= 15 is 0 Å². The summed E-state index contributed by atoms with van der Waals surface area (Å²) in [5.41, 5.74) is 3.68. The number of thiazole rings is 1. The molecule has 4 heterocycles. The largest absolute Gasteiger partial charge is 0.344 e. The molecular formula is C22H21FN6OS. The third-order valence-electron chi connectivity index (χ3n) is 5.57. The number of amides is 1. The third-order valence-corrected chi connectivity index (χ3v) is 6.61. The molecule has 0 N–H and O–H groups in total. The minimum Gasteiger partial charge on any atom is -0.344 e. The van der Waals surface area contributed by atoms with Gasteiger partial charge in [0, 0.05) is 32.4 Å². The Morgan fingerprint density at radius 1 is 1.06 bits per heavy atom. The van der Waals surface area contributed by atoms with Crippen LogP contribution in [0.25, 0.3) is 16.0 Å². The first kappa shape index (κ1) is 19.6. The van der Waals surface area contributed by atoms with Gasteiger partial charge < -0.3 is 9.80 Å². The third kappa shape index (κ3) is 3.54. The van der Waals surface area contributed by atoms with Crippen molar-refractivity contribution in [2.24, 2.45) is 0 Å². The van der Waals surface area contributed by atoms with Gasteiger partial charge in [-0.1, -0.05) is 11.3 Å². The lowest BCUT2D eigenvalue weighted by Gasteiger charge is -2.34. The predicted octanol–water partition coefficient (Wildman–Crippen LogP) is 3.60. The van der Waals surface area contributed by atoms with Crippen LogP contribution in [0.5, 0.6) is 0 Å². The van der Waals surface area contributed by atoms with Gasteiger partial charge in [0.25, 0.3) is 5.91 Å². The number of rotatable bonds is 3. The highest BCUT2D eigenvalue weighted by Crippen LogP contribution is 2.28. The number of halogens is 1. The number of fused-ring (bicyclic) bond motifs is 1. The SMILES string of the molecule is Cc1nn(-c2ccc(F)cc2)c(C)c1C(=O)N1CCN(c2nc3cccnc3s2)CC1. The van der Waals surface area contributed by atoms with E-state index in [1.165, 1.54) is 12.1 Å². The monoisotopic (exact) mass is 436 g/mol. The van der Waals surface area contributed by atoms with E-state index in [-0.39, 0.29) is 11.7 Å². The molecule has 9 heteroatoms. The highest BCUT2D eigenvalue weighted by Gasteiger charge is 2.28. The fourth-order valence-corrected chi connectivity index (χ4v) is 4.90. The molecule has 0 bridgehead atoms. The second kappa shape index (κ2) is 7.73. The van der Waals surface area contributed by atoms with E-state index in [2.05, 4.69) is 20.0 Å². The summed E-state index contributed by atoms with van der Waals surface area (Å²) < 4.78 is 15.0. The molecule has 7 nitrogen and oxygen atoms in total. The van der Waals surface area contributed by atoms with Crippen LogP contribution in [0.1, 0.15) is 21.7 Å². The van der Waals surface area contributed by atoms with Crippen molar-refractivity contribution >= 4 is 32.7 Å². The summed E-state index contributed by atoms with van der Waals surface area (Å²) in [5, 5.41) is 5.48. The van der Waals surface area contributed by atoms with Crippen LogP contribution in [-0.2, 0) is 0 Å². The van der Waals surface area contributed by atoms with E-state index in [0.29, 0.717) is 24.3 Å². The molecule has 1 amide bonds. The second-order valence-corrected chi connectivity index (χ2v) is 8.49. The maximum Gasteiger partial charge on any atom is 0.257 e. The number of anilines is 1. The average molecular weight is 437 g/mol.